The number of pyridine rings is 1. The Kier molecular flexibility index (Phi) is 10.4. The molecule has 0 spiro atoms. The predicted octanol–water partition coefficient (Wildman–Crippen LogP) is 6.97. The molecule has 2 aromatic carbocycles. The summed E-state index contributed by atoms with van der Waals surface area (Å²) in [6.45, 7) is 10.9. The van der Waals surface area contributed by atoms with Crippen molar-refractivity contribution in [2.45, 2.75) is 64.8 Å². The molecule has 44 heavy (non-hydrogen) atoms. The molecule has 0 amide bonds. The molecule has 0 saturated carbocycles. The van der Waals surface area contributed by atoms with E-state index in [1.807, 2.05) is 13.8 Å². The number of fused-ring (bicyclic) bond motifs is 3. The van der Waals surface area contributed by atoms with E-state index in [-0.39, 0.29) is 34.5 Å². The molecule has 0 bridgehead atoms. The van der Waals surface area contributed by atoms with Crippen LogP contribution < -0.4 is 20.1 Å². The molecule has 0 atom stereocenters. The molecular formula is C34H44F2N6O2. The molecular weight excluding hydrogens is 562 g/mol. The molecule has 8 nitrogen and oxygen atoms in total. The molecule has 2 N–H and O–H groups in total. The number of hydrogen-bond acceptors (Lipinski definition) is 8. The largest absolute Gasteiger partial charge is 0.480 e. The highest BCUT2D eigenvalue weighted by Crippen LogP contribution is 2.41. The zero-order chi connectivity index (χ0) is 31.1. The van der Waals surface area contributed by atoms with Crippen molar-refractivity contribution in [2.24, 2.45) is 0 Å². The monoisotopic (exact) mass is 606 g/mol. The van der Waals surface area contributed by atoms with E-state index < -0.39 is 5.82 Å². The lowest BCUT2D eigenvalue weighted by atomic mass is 9.95. The van der Waals surface area contributed by atoms with E-state index in [2.05, 4.69) is 32.4 Å². The van der Waals surface area contributed by atoms with Gasteiger partial charge in [0.25, 0.3) is 0 Å². The fourth-order valence-electron chi connectivity index (χ4n) is 6.46. The van der Waals surface area contributed by atoms with Crippen molar-refractivity contribution in [2.75, 3.05) is 51.8 Å². The zero-order valence-electron chi connectivity index (χ0n) is 26.3. The van der Waals surface area contributed by atoms with Crippen LogP contribution in [0.15, 0.2) is 36.4 Å². The molecule has 2 saturated heterocycles. The fraction of sp³-hybridized carbons (Fsp3) is 0.500. The Morgan fingerprint density at radius 2 is 1.68 bits per heavy atom. The van der Waals surface area contributed by atoms with Crippen molar-refractivity contribution < 1.29 is 18.3 Å². The van der Waals surface area contributed by atoms with Crippen LogP contribution in [0.1, 0.15) is 59.3 Å². The van der Waals surface area contributed by atoms with Gasteiger partial charge in [0, 0.05) is 24.0 Å². The highest BCUT2D eigenvalue weighted by molar-refractivity contribution is 6.01. The third-order valence-electron chi connectivity index (χ3n) is 8.63. The van der Waals surface area contributed by atoms with Crippen molar-refractivity contribution in [3.8, 4) is 23.1 Å². The van der Waals surface area contributed by atoms with E-state index in [9.17, 15) is 4.39 Å². The Hall–Kier alpha value is -3.63. The number of ether oxygens (including phenoxy) is 2. The maximum absolute atomic E-state index is 16.5. The SMILES string of the molecule is CC.CCCCNCCNc1nc(OCC23CCCN2CCC3)nc2c(F)c(-c3ccc(F)c4ccccc34)nc(OC)c12. The highest BCUT2D eigenvalue weighted by Gasteiger charge is 2.45. The maximum Gasteiger partial charge on any atom is 0.319 e. The van der Waals surface area contributed by atoms with Crippen LogP contribution in [-0.4, -0.2) is 71.8 Å². The molecule has 0 unspecified atom stereocenters. The summed E-state index contributed by atoms with van der Waals surface area (Å²) in [6, 6.07) is 9.96. The topological polar surface area (TPSA) is 84.4 Å². The van der Waals surface area contributed by atoms with Crippen molar-refractivity contribution in [1.82, 2.24) is 25.2 Å². The number of halogens is 2. The number of rotatable bonds is 12. The molecule has 4 aromatic rings. The first kappa shape index (κ1) is 31.8. The van der Waals surface area contributed by atoms with Gasteiger partial charge in [-0.25, -0.2) is 13.8 Å². The Morgan fingerprint density at radius 1 is 0.932 bits per heavy atom. The number of nitrogens with zero attached hydrogens (tertiary/aromatic N) is 4. The summed E-state index contributed by atoms with van der Waals surface area (Å²) in [4.78, 5) is 16.4. The van der Waals surface area contributed by atoms with Crippen LogP contribution in [0, 0.1) is 11.6 Å². The van der Waals surface area contributed by atoms with E-state index in [4.69, 9.17) is 14.5 Å². The first-order valence-corrected chi connectivity index (χ1v) is 16.0. The van der Waals surface area contributed by atoms with Crippen LogP contribution in [0.3, 0.4) is 0 Å². The Morgan fingerprint density at radius 3 is 2.41 bits per heavy atom. The van der Waals surface area contributed by atoms with Gasteiger partial charge in [0.05, 0.1) is 12.6 Å². The number of aromatic nitrogens is 3. The average Bonchev–Trinajstić information content (AvgIpc) is 3.64. The first-order valence-electron chi connectivity index (χ1n) is 16.0. The minimum absolute atomic E-state index is 0.0121. The third kappa shape index (κ3) is 6.28. The Labute approximate surface area is 258 Å². The smallest absolute Gasteiger partial charge is 0.319 e. The summed E-state index contributed by atoms with van der Waals surface area (Å²) in [5.74, 6) is -0.440. The molecule has 6 rings (SSSR count). The molecule has 4 heterocycles. The van der Waals surface area contributed by atoms with Gasteiger partial charge < -0.3 is 20.1 Å². The maximum atomic E-state index is 16.5. The number of anilines is 1. The molecule has 10 heteroatoms. The standard InChI is InChI=1S/C32H38F2N6O2.C2H6/c1-3-4-15-35-16-17-36-29-25-28(38-31(39-29)42-20-32-13-7-18-40(32)19-8-14-32)26(34)27(37-30(25)41-2)23-11-12-24(33)22-10-6-5-9-21(22)23;1-2/h5-6,9-12,35H,3-4,7-8,13-20H2,1-2H3,(H,36,38,39);1-2H3. The van der Waals surface area contributed by atoms with Gasteiger partial charge in [0.2, 0.25) is 5.88 Å². The van der Waals surface area contributed by atoms with Crippen molar-refractivity contribution in [3.63, 3.8) is 0 Å². The van der Waals surface area contributed by atoms with Crippen LogP contribution in [0.2, 0.25) is 0 Å². The van der Waals surface area contributed by atoms with E-state index in [0.717, 1.165) is 58.2 Å². The number of unbranched alkanes of at least 4 members (excludes halogenated alkanes) is 1. The van der Waals surface area contributed by atoms with Gasteiger partial charge in [-0.15, -0.1) is 0 Å². The summed E-state index contributed by atoms with van der Waals surface area (Å²) in [6.07, 6.45) is 6.64. The summed E-state index contributed by atoms with van der Waals surface area (Å²) in [5, 5.41) is 8.02. The van der Waals surface area contributed by atoms with Crippen LogP contribution in [-0.2, 0) is 0 Å². The number of hydrogen-bond donors (Lipinski definition) is 2. The Balaban J connectivity index is 0.00000188. The van der Waals surface area contributed by atoms with E-state index in [1.165, 1.54) is 13.2 Å². The molecule has 2 aliphatic rings. The van der Waals surface area contributed by atoms with Crippen molar-refractivity contribution in [1.29, 1.82) is 0 Å². The fourth-order valence-corrected chi connectivity index (χ4v) is 6.46. The van der Waals surface area contributed by atoms with Gasteiger partial charge in [-0.05, 0) is 69.3 Å². The van der Waals surface area contributed by atoms with Gasteiger partial charge >= 0.3 is 6.01 Å². The number of nitrogens with one attached hydrogen (secondary N) is 2. The van der Waals surface area contributed by atoms with E-state index in [0.29, 0.717) is 47.2 Å². The number of methoxy groups -OCH3 is 1. The van der Waals surface area contributed by atoms with Gasteiger partial charge in [0.15, 0.2) is 5.82 Å². The lowest BCUT2D eigenvalue weighted by molar-refractivity contribution is 0.108. The van der Waals surface area contributed by atoms with Crippen LogP contribution in [0.25, 0.3) is 32.9 Å². The van der Waals surface area contributed by atoms with Gasteiger partial charge in [-0.1, -0.05) is 51.5 Å². The quantitative estimate of drug-likeness (QED) is 0.167. The second kappa shape index (κ2) is 14.4. The second-order valence-corrected chi connectivity index (χ2v) is 11.2. The summed E-state index contributed by atoms with van der Waals surface area (Å²) >= 11 is 0. The van der Waals surface area contributed by atoms with Crippen molar-refractivity contribution in [3.05, 3.63) is 48.0 Å². The summed E-state index contributed by atoms with van der Waals surface area (Å²) in [5.41, 5.74) is 0.515. The lowest BCUT2D eigenvalue weighted by Gasteiger charge is -2.31. The molecule has 0 aliphatic carbocycles. The third-order valence-corrected chi connectivity index (χ3v) is 8.63. The van der Waals surface area contributed by atoms with Gasteiger partial charge in [-0.3, -0.25) is 4.90 Å². The zero-order valence-corrected chi connectivity index (χ0v) is 26.3. The molecule has 2 fully saturated rings. The highest BCUT2D eigenvalue weighted by atomic mass is 19.1. The van der Waals surface area contributed by atoms with Crippen LogP contribution in [0.5, 0.6) is 11.9 Å². The van der Waals surface area contributed by atoms with E-state index >= 15 is 4.39 Å². The Bertz CT molecular complexity index is 1570. The minimum atomic E-state index is -0.638. The van der Waals surface area contributed by atoms with E-state index in [1.54, 1.807) is 30.3 Å². The first-order chi connectivity index (χ1) is 21.5. The molecule has 0 radical (unpaired) electrons. The predicted molar refractivity (Wildman–Crippen MR) is 173 cm³/mol. The van der Waals surface area contributed by atoms with Crippen LogP contribution >= 0.6 is 0 Å². The molecule has 2 aliphatic heterocycles. The van der Waals surface area contributed by atoms with Gasteiger partial charge in [-0.2, -0.15) is 9.97 Å². The summed E-state index contributed by atoms with van der Waals surface area (Å²) < 4.78 is 43.1. The van der Waals surface area contributed by atoms with Crippen LogP contribution in [0.4, 0.5) is 14.6 Å². The minimum Gasteiger partial charge on any atom is -0.480 e. The second-order valence-electron chi connectivity index (χ2n) is 11.2. The van der Waals surface area contributed by atoms with Crippen molar-refractivity contribution >= 4 is 27.5 Å². The lowest BCUT2D eigenvalue weighted by Crippen LogP contribution is -2.43. The molecule has 2 aromatic heterocycles. The molecule has 236 valence electrons. The normalized spacial score (nSPS) is 15.7. The summed E-state index contributed by atoms with van der Waals surface area (Å²) in [7, 11) is 1.49. The van der Waals surface area contributed by atoms with Gasteiger partial charge in [0.1, 0.15) is 34.8 Å². The number of benzene rings is 2. The average molecular weight is 607 g/mol.